The Bertz CT molecular complexity index is 1220. The van der Waals surface area contributed by atoms with Crippen molar-refractivity contribution >= 4 is 29.2 Å². The Morgan fingerprint density at radius 3 is 2.22 bits per heavy atom. The number of carbonyl (C=O) groups is 1. The lowest BCUT2D eigenvalue weighted by Crippen LogP contribution is -2.11. The zero-order valence-corrected chi connectivity index (χ0v) is 19.0. The molecule has 5 nitrogen and oxygen atoms in total. The summed E-state index contributed by atoms with van der Waals surface area (Å²) in [6.07, 6.45) is 0. The number of halogens is 2. The standard InChI is InChI=1S/C25H20Cl2N2O3/c1-15-11-16(2)25(32-14-24(30)31)21(12-15)22-13-23(17-3-5-18(26)6-4-17)29(28-22)20-9-7-19(27)8-10-20/h3-13H,14H2,1-2H3,(H,30,31). The molecule has 0 amide bonds. The molecule has 4 aromatic rings. The van der Waals surface area contributed by atoms with Crippen LogP contribution in [0.4, 0.5) is 0 Å². The lowest BCUT2D eigenvalue weighted by molar-refractivity contribution is -0.139. The molecule has 4 rings (SSSR count). The third-order valence-corrected chi connectivity index (χ3v) is 5.46. The van der Waals surface area contributed by atoms with Gasteiger partial charge >= 0.3 is 5.97 Å². The van der Waals surface area contributed by atoms with Crippen molar-refractivity contribution in [3.63, 3.8) is 0 Å². The first-order valence-corrected chi connectivity index (χ1v) is 10.7. The van der Waals surface area contributed by atoms with Crippen LogP contribution in [0.3, 0.4) is 0 Å². The van der Waals surface area contributed by atoms with Crippen molar-refractivity contribution in [2.45, 2.75) is 13.8 Å². The molecule has 0 saturated heterocycles. The molecule has 0 aliphatic heterocycles. The summed E-state index contributed by atoms with van der Waals surface area (Å²) in [6.45, 7) is 3.44. The van der Waals surface area contributed by atoms with E-state index in [0.717, 1.165) is 33.6 Å². The van der Waals surface area contributed by atoms with E-state index < -0.39 is 12.6 Å². The van der Waals surface area contributed by atoms with Crippen molar-refractivity contribution in [1.82, 2.24) is 9.78 Å². The fraction of sp³-hybridized carbons (Fsp3) is 0.120. The second-order valence-electron chi connectivity index (χ2n) is 7.45. The van der Waals surface area contributed by atoms with E-state index >= 15 is 0 Å². The minimum absolute atomic E-state index is 0.432. The van der Waals surface area contributed by atoms with Crippen molar-refractivity contribution in [3.8, 4) is 34.0 Å². The summed E-state index contributed by atoms with van der Waals surface area (Å²) < 4.78 is 7.47. The van der Waals surface area contributed by atoms with Crippen molar-refractivity contribution in [2.75, 3.05) is 6.61 Å². The van der Waals surface area contributed by atoms with Crippen molar-refractivity contribution in [3.05, 3.63) is 87.9 Å². The summed E-state index contributed by atoms with van der Waals surface area (Å²) >= 11 is 12.2. The van der Waals surface area contributed by atoms with Crippen molar-refractivity contribution in [2.24, 2.45) is 0 Å². The average Bonchev–Trinajstić information content (AvgIpc) is 3.19. The highest BCUT2D eigenvalue weighted by Gasteiger charge is 2.18. The highest BCUT2D eigenvalue weighted by atomic mass is 35.5. The maximum Gasteiger partial charge on any atom is 0.341 e. The van der Waals surface area contributed by atoms with Crippen LogP contribution in [-0.4, -0.2) is 27.5 Å². The SMILES string of the molecule is Cc1cc(C)c(OCC(=O)O)c(-c2cc(-c3ccc(Cl)cc3)n(-c3ccc(Cl)cc3)n2)c1. The van der Waals surface area contributed by atoms with E-state index in [1.165, 1.54) is 0 Å². The molecule has 0 unspecified atom stereocenters. The molecule has 0 atom stereocenters. The molecule has 1 heterocycles. The van der Waals surface area contributed by atoms with Gasteiger partial charge in [0, 0.05) is 21.2 Å². The molecule has 0 radical (unpaired) electrons. The molecular weight excluding hydrogens is 447 g/mol. The first-order valence-electron chi connectivity index (χ1n) is 9.90. The predicted octanol–water partition coefficient (Wildman–Crippen LogP) is 6.59. The maximum atomic E-state index is 11.1. The molecule has 0 aliphatic carbocycles. The predicted molar refractivity (Wildman–Crippen MR) is 127 cm³/mol. The molecule has 1 aromatic heterocycles. The van der Waals surface area contributed by atoms with Crippen LogP contribution >= 0.6 is 23.2 Å². The van der Waals surface area contributed by atoms with Gasteiger partial charge in [0.15, 0.2) is 6.61 Å². The molecular formula is C25H20Cl2N2O3. The summed E-state index contributed by atoms with van der Waals surface area (Å²) in [5.41, 5.74) is 5.87. The minimum atomic E-state index is -1.04. The molecule has 0 fully saturated rings. The second kappa shape index (κ2) is 9.07. The fourth-order valence-corrected chi connectivity index (χ4v) is 3.84. The topological polar surface area (TPSA) is 64.3 Å². The number of hydrogen-bond donors (Lipinski definition) is 1. The molecule has 7 heteroatoms. The normalized spacial score (nSPS) is 10.9. The van der Waals surface area contributed by atoms with E-state index in [-0.39, 0.29) is 0 Å². The van der Waals surface area contributed by atoms with Gasteiger partial charge in [0.05, 0.1) is 17.1 Å². The summed E-state index contributed by atoms with van der Waals surface area (Å²) in [6, 6.07) is 20.8. The Hall–Kier alpha value is -3.28. The minimum Gasteiger partial charge on any atom is -0.481 e. The first kappa shape index (κ1) is 21.9. The van der Waals surface area contributed by atoms with Gasteiger partial charge in [-0.2, -0.15) is 5.10 Å². The van der Waals surface area contributed by atoms with E-state index in [9.17, 15) is 4.79 Å². The maximum absolute atomic E-state index is 11.1. The third-order valence-electron chi connectivity index (χ3n) is 4.96. The van der Waals surface area contributed by atoms with Gasteiger partial charge < -0.3 is 9.84 Å². The number of nitrogens with zero attached hydrogens (tertiary/aromatic N) is 2. The van der Waals surface area contributed by atoms with Gasteiger partial charge in [-0.3, -0.25) is 0 Å². The van der Waals surface area contributed by atoms with E-state index in [2.05, 4.69) is 0 Å². The van der Waals surface area contributed by atoms with Gasteiger partial charge in [0.2, 0.25) is 0 Å². The van der Waals surface area contributed by atoms with E-state index in [4.69, 9.17) is 38.1 Å². The van der Waals surface area contributed by atoms with Crippen LogP contribution in [0.25, 0.3) is 28.2 Å². The van der Waals surface area contributed by atoms with Gasteiger partial charge in [-0.1, -0.05) is 41.4 Å². The number of benzene rings is 3. The average molecular weight is 467 g/mol. The van der Waals surface area contributed by atoms with Crippen LogP contribution in [0.5, 0.6) is 5.75 Å². The largest absolute Gasteiger partial charge is 0.481 e. The van der Waals surface area contributed by atoms with Gasteiger partial charge in [-0.15, -0.1) is 0 Å². The number of aliphatic carboxylic acids is 1. The second-order valence-corrected chi connectivity index (χ2v) is 8.32. The molecule has 0 saturated carbocycles. The van der Waals surface area contributed by atoms with Crippen LogP contribution < -0.4 is 4.74 Å². The lowest BCUT2D eigenvalue weighted by atomic mass is 10.0. The molecule has 0 bridgehead atoms. The Kier molecular flexibility index (Phi) is 6.21. The quantitative estimate of drug-likeness (QED) is 0.347. The highest BCUT2D eigenvalue weighted by Crippen LogP contribution is 2.37. The number of carboxylic acids is 1. The Morgan fingerprint density at radius 2 is 1.59 bits per heavy atom. The van der Waals surface area contributed by atoms with E-state index in [1.54, 1.807) is 0 Å². The number of carboxylic acid groups (broad SMARTS) is 1. The number of aromatic nitrogens is 2. The third kappa shape index (κ3) is 4.64. The van der Waals surface area contributed by atoms with Crippen LogP contribution in [0.1, 0.15) is 11.1 Å². The number of hydrogen-bond acceptors (Lipinski definition) is 3. The number of ether oxygens (including phenoxy) is 1. The van der Waals surface area contributed by atoms with Gasteiger partial charge in [0.1, 0.15) is 5.75 Å². The zero-order chi connectivity index (χ0) is 22.8. The van der Waals surface area contributed by atoms with E-state index in [1.807, 2.05) is 85.3 Å². The lowest BCUT2D eigenvalue weighted by Gasteiger charge is -2.13. The Morgan fingerprint density at radius 1 is 0.969 bits per heavy atom. The van der Waals surface area contributed by atoms with Crippen LogP contribution in [-0.2, 0) is 4.79 Å². The molecule has 0 spiro atoms. The fourth-order valence-electron chi connectivity index (χ4n) is 3.59. The molecule has 1 N–H and O–H groups in total. The summed E-state index contributed by atoms with van der Waals surface area (Å²) in [5, 5.41) is 15.2. The molecule has 32 heavy (non-hydrogen) atoms. The molecule has 162 valence electrons. The first-order chi connectivity index (χ1) is 15.3. The van der Waals surface area contributed by atoms with Crippen LogP contribution in [0.15, 0.2) is 66.7 Å². The zero-order valence-electron chi connectivity index (χ0n) is 17.5. The number of rotatable bonds is 6. The Labute approximate surface area is 195 Å². The van der Waals surface area contributed by atoms with Crippen LogP contribution in [0, 0.1) is 13.8 Å². The highest BCUT2D eigenvalue weighted by molar-refractivity contribution is 6.30. The van der Waals surface area contributed by atoms with Gasteiger partial charge in [0.25, 0.3) is 0 Å². The summed E-state index contributed by atoms with van der Waals surface area (Å²) in [4.78, 5) is 11.1. The number of aryl methyl sites for hydroxylation is 2. The van der Waals surface area contributed by atoms with Gasteiger partial charge in [-0.05, 0) is 73.5 Å². The van der Waals surface area contributed by atoms with Crippen LogP contribution in [0.2, 0.25) is 10.0 Å². The van der Waals surface area contributed by atoms with Crippen molar-refractivity contribution in [1.29, 1.82) is 0 Å². The summed E-state index contributed by atoms with van der Waals surface area (Å²) in [5.74, 6) is -0.536. The molecule has 3 aromatic carbocycles. The summed E-state index contributed by atoms with van der Waals surface area (Å²) in [7, 11) is 0. The smallest absolute Gasteiger partial charge is 0.341 e. The van der Waals surface area contributed by atoms with Gasteiger partial charge in [-0.25, -0.2) is 9.48 Å². The Balaban J connectivity index is 1.91. The molecule has 0 aliphatic rings. The van der Waals surface area contributed by atoms with Crippen molar-refractivity contribution < 1.29 is 14.6 Å². The van der Waals surface area contributed by atoms with E-state index in [0.29, 0.717) is 21.5 Å². The monoisotopic (exact) mass is 466 g/mol.